The molecule has 0 aliphatic rings. The lowest BCUT2D eigenvalue weighted by Gasteiger charge is -2.05. The minimum Gasteiger partial charge on any atom is -0.342 e. The van der Waals surface area contributed by atoms with E-state index >= 15 is 0 Å². The third-order valence-electron chi connectivity index (χ3n) is 3.84. The summed E-state index contributed by atoms with van der Waals surface area (Å²) < 4.78 is 1.98. The first kappa shape index (κ1) is 13.5. The van der Waals surface area contributed by atoms with Gasteiger partial charge in [-0.1, -0.05) is 24.3 Å². The van der Waals surface area contributed by atoms with E-state index in [2.05, 4.69) is 9.97 Å². The monoisotopic (exact) mass is 301 g/mol. The summed E-state index contributed by atoms with van der Waals surface area (Å²) in [5, 5.41) is 0. The van der Waals surface area contributed by atoms with Gasteiger partial charge >= 0.3 is 0 Å². The maximum atomic E-state index is 12.5. The number of carbonyl (C=O) groups excluding carboxylic acids is 1. The Morgan fingerprint density at radius 3 is 2.65 bits per heavy atom. The summed E-state index contributed by atoms with van der Waals surface area (Å²) in [6, 6.07) is 19.4. The molecule has 112 valence electrons. The van der Waals surface area contributed by atoms with Crippen LogP contribution in [0.3, 0.4) is 0 Å². The molecule has 0 aliphatic carbocycles. The molecule has 4 heteroatoms. The van der Waals surface area contributed by atoms with E-state index in [9.17, 15) is 4.79 Å². The second kappa shape index (κ2) is 5.57. The minimum absolute atomic E-state index is 0.0538. The third kappa shape index (κ3) is 2.66. The van der Waals surface area contributed by atoms with E-state index in [4.69, 9.17) is 0 Å². The van der Waals surface area contributed by atoms with E-state index in [1.165, 1.54) is 0 Å². The first-order valence-electron chi connectivity index (χ1n) is 7.50. The first-order chi connectivity index (χ1) is 11.3. The molecular weight excluding hydrogens is 286 g/mol. The summed E-state index contributed by atoms with van der Waals surface area (Å²) in [5.41, 5.74) is 3.51. The molecular formula is C19H15N3O. The zero-order chi connectivity index (χ0) is 15.6. The van der Waals surface area contributed by atoms with Gasteiger partial charge < -0.3 is 9.55 Å². The largest absolute Gasteiger partial charge is 0.342 e. The van der Waals surface area contributed by atoms with Gasteiger partial charge in [-0.15, -0.1) is 0 Å². The van der Waals surface area contributed by atoms with Crippen LogP contribution < -0.4 is 0 Å². The summed E-state index contributed by atoms with van der Waals surface area (Å²) in [6.45, 7) is 0. The van der Waals surface area contributed by atoms with Crippen LogP contribution >= 0.6 is 0 Å². The number of hydrogen-bond donors (Lipinski definition) is 1. The Hall–Kier alpha value is -3.14. The Morgan fingerprint density at radius 1 is 1.00 bits per heavy atom. The molecule has 1 N–H and O–H groups in total. The van der Waals surface area contributed by atoms with Gasteiger partial charge in [-0.25, -0.2) is 4.98 Å². The SMILES string of the molecule is O=C(Cc1nc2ccccc2[nH]1)c1cccc(-n2cccc2)c1. The lowest BCUT2D eigenvalue weighted by atomic mass is 10.1. The standard InChI is InChI=1S/C19H15N3O/c23-18(13-19-20-16-8-1-2-9-17(16)21-19)14-6-5-7-15(12-14)22-10-3-4-11-22/h1-12H,13H2,(H,20,21). The van der Waals surface area contributed by atoms with Crippen LogP contribution in [0.1, 0.15) is 16.2 Å². The maximum absolute atomic E-state index is 12.5. The number of H-pyrrole nitrogens is 1. The van der Waals surface area contributed by atoms with E-state index in [1.54, 1.807) is 0 Å². The lowest BCUT2D eigenvalue weighted by Crippen LogP contribution is -2.05. The molecule has 4 rings (SSSR count). The average Bonchev–Trinajstić information content (AvgIpc) is 3.24. The molecule has 0 radical (unpaired) electrons. The van der Waals surface area contributed by atoms with Gasteiger partial charge in [0.05, 0.1) is 17.5 Å². The highest BCUT2D eigenvalue weighted by Crippen LogP contribution is 2.15. The van der Waals surface area contributed by atoms with Crippen LogP contribution in [0, 0.1) is 0 Å². The van der Waals surface area contributed by atoms with Crippen molar-refractivity contribution in [2.24, 2.45) is 0 Å². The number of Topliss-reactive ketones (excluding diaryl/α,β-unsaturated/α-hetero) is 1. The number of hydrogen-bond acceptors (Lipinski definition) is 2. The lowest BCUT2D eigenvalue weighted by molar-refractivity contribution is 0.0991. The van der Waals surface area contributed by atoms with Crippen LogP contribution in [-0.2, 0) is 6.42 Å². The molecule has 4 aromatic rings. The smallest absolute Gasteiger partial charge is 0.170 e. The number of imidazole rings is 1. The topological polar surface area (TPSA) is 50.7 Å². The molecule has 2 aromatic carbocycles. The minimum atomic E-state index is 0.0538. The summed E-state index contributed by atoms with van der Waals surface area (Å²) in [4.78, 5) is 20.2. The highest BCUT2D eigenvalue weighted by atomic mass is 16.1. The molecule has 0 bridgehead atoms. The van der Waals surface area contributed by atoms with E-state index in [-0.39, 0.29) is 12.2 Å². The Bertz CT molecular complexity index is 934. The van der Waals surface area contributed by atoms with Crippen molar-refractivity contribution in [3.05, 3.63) is 84.4 Å². The predicted octanol–water partition coefficient (Wildman–Crippen LogP) is 3.78. The molecule has 0 aliphatic heterocycles. The van der Waals surface area contributed by atoms with Crippen molar-refractivity contribution in [3.8, 4) is 5.69 Å². The summed E-state index contributed by atoms with van der Waals surface area (Å²) >= 11 is 0. The van der Waals surface area contributed by atoms with Gasteiger partial charge in [-0.2, -0.15) is 0 Å². The Morgan fingerprint density at radius 2 is 1.83 bits per heavy atom. The zero-order valence-electron chi connectivity index (χ0n) is 12.4. The van der Waals surface area contributed by atoms with Crippen molar-refractivity contribution in [3.63, 3.8) is 0 Å². The molecule has 0 atom stereocenters. The first-order valence-corrected chi connectivity index (χ1v) is 7.50. The summed E-state index contributed by atoms with van der Waals surface area (Å²) in [5.74, 6) is 0.751. The third-order valence-corrected chi connectivity index (χ3v) is 3.84. The second-order valence-corrected chi connectivity index (χ2v) is 5.44. The average molecular weight is 301 g/mol. The van der Waals surface area contributed by atoms with Crippen LogP contribution in [0.2, 0.25) is 0 Å². The van der Waals surface area contributed by atoms with Crippen molar-refractivity contribution in [2.75, 3.05) is 0 Å². The van der Waals surface area contributed by atoms with Crippen LogP contribution in [0.4, 0.5) is 0 Å². The van der Waals surface area contributed by atoms with E-state index in [0.29, 0.717) is 11.4 Å². The Kier molecular flexibility index (Phi) is 3.27. The number of ketones is 1. The van der Waals surface area contributed by atoms with Crippen molar-refractivity contribution in [2.45, 2.75) is 6.42 Å². The molecule has 0 spiro atoms. The number of rotatable bonds is 4. The number of aromatic nitrogens is 3. The quantitative estimate of drug-likeness (QED) is 0.583. The van der Waals surface area contributed by atoms with Crippen molar-refractivity contribution in [1.82, 2.24) is 14.5 Å². The van der Waals surface area contributed by atoms with Crippen molar-refractivity contribution < 1.29 is 4.79 Å². The van der Waals surface area contributed by atoms with Gasteiger partial charge in [-0.05, 0) is 36.4 Å². The number of para-hydroxylation sites is 2. The van der Waals surface area contributed by atoms with Crippen molar-refractivity contribution in [1.29, 1.82) is 0 Å². The van der Waals surface area contributed by atoms with Crippen LogP contribution in [0.25, 0.3) is 16.7 Å². The Balaban J connectivity index is 1.60. The number of aromatic amines is 1. The number of carbonyl (C=O) groups is 1. The van der Waals surface area contributed by atoms with Crippen molar-refractivity contribution >= 4 is 16.8 Å². The highest BCUT2D eigenvalue weighted by molar-refractivity contribution is 5.98. The zero-order valence-corrected chi connectivity index (χ0v) is 12.4. The number of nitrogens with one attached hydrogen (secondary N) is 1. The molecule has 0 unspecified atom stereocenters. The molecule has 4 nitrogen and oxygen atoms in total. The normalized spacial score (nSPS) is 11.0. The van der Waals surface area contributed by atoms with Gasteiger partial charge in [-0.3, -0.25) is 4.79 Å². The molecule has 0 saturated carbocycles. The van der Waals surface area contributed by atoms with Crippen LogP contribution in [0.15, 0.2) is 73.1 Å². The van der Waals surface area contributed by atoms with E-state index in [0.717, 1.165) is 16.7 Å². The molecule has 0 amide bonds. The molecule has 23 heavy (non-hydrogen) atoms. The fourth-order valence-electron chi connectivity index (χ4n) is 2.69. The summed E-state index contributed by atoms with van der Waals surface area (Å²) in [6.07, 6.45) is 4.19. The van der Waals surface area contributed by atoms with Gasteiger partial charge in [0.15, 0.2) is 5.78 Å². The maximum Gasteiger partial charge on any atom is 0.170 e. The molecule has 2 heterocycles. The van der Waals surface area contributed by atoms with Crippen LogP contribution in [-0.4, -0.2) is 20.3 Å². The van der Waals surface area contributed by atoms with Gasteiger partial charge in [0.2, 0.25) is 0 Å². The predicted molar refractivity (Wildman–Crippen MR) is 89.9 cm³/mol. The Labute approximate surface area is 133 Å². The van der Waals surface area contributed by atoms with Gasteiger partial charge in [0.1, 0.15) is 5.82 Å². The molecule has 0 fully saturated rings. The van der Waals surface area contributed by atoms with E-state index in [1.807, 2.05) is 77.6 Å². The van der Waals surface area contributed by atoms with Gasteiger partial charge in [0, 0.05) is 23.6 Å². The number of fused-ring (bicyclic) bond motifs is 1. The molecule has 0 saturated heterocycles. The fraction of sp³-hybridized carbons (Fsp3) is 0.0526. The fourth-order valence-corrected chi connectivity index (χ4v) is 2.69. The molecule has 2 aromatic heterocycles. The number of nitrogens with zero attached hydrogens (tertiary/aromatic N) is 2. The highest BCUT2D eigenvalue weighted by Gasteiger charge is 2.11. The number of benzene rings is 2. The van der Waals surface area contributed by atoms with E-state index < -0.39 is 0 Å². The van der Waals surface area contributed by atoms with Crippen LogP contribution in [0.5, 0.6) is 0 Å². The summed E-state index contributed by atoms with van der Waals surface area (Å²) in [7, 11) is 0. The second-order valence-electron chi connectivity index (χ2n) is 5.44. The van der Waals surface area contributed by atoms with Gasteiger partial charge in [0.25, 0.3) is 0 Å².